The van der Waals surface area contributed by atoms with Crippen molar-refractivity contribution >= 4 is 5.78 Å². The molecule has 3 rings (SSSR count). The van der Waals surface area contributed by atoms with Crippen molar-refractivity contribution in [1.29, 1.82) is 0 Å². The van der Waals surface area contributed by atoms with Crippen LogP contribution in [0.25, 0.3) is 0 Å². The second kappa shape index (κ2) is 1.64. The summed E-state index contributed by atoms with van der Waals surface area (Å²) >= 11 is 0. The van der Waals surface area contributed by atoms with Crippen LogP contribution in [0.15, 0.2) is 24.3 Å². The molecular formula is C9H8O2. The third kappa shape index (κ3) is 0.543. The number of ether oxygens (including phenoxy) is 1. The Morgan fingerprint density at radius 2 is 2.00 bits per heavy atom. The number of ketones is 1. The van der Waals surface area contributed by atoms with Gasteiger partial charge in [-0.1, -0.05) is 18.2 Å². The molecule has 2 nitrogen and oxygen atoms in total. The zero-order valence-electron chi connectivity index (χ0n) is 5.94. The number of hydrogen-bond acceptors (Lipinski definition) is 2. The Labute approximate surface area is 64.5 Å². The first-order valence-corrected chi connectivity index (χ1v) is 3.92. The molecule has 1 saturated heterocycles. The van der Waals surface area contributed by atoms with Crippen molar-refractivity contribution in [3.63, 3.8) is 0 Å². The van der Waals surface area contributed by atoms with E-state index < -0.39 is 0 Å². The van der Waals surface area contributed by atoms with Gasteiger partial charge < -0.3 is 4.74 Å². The Morgan fingerprint density at radius 1 is 1.18 bits per heavy atom. The molecule has 2 heteroatoms. The van der Waals surface area contributed by atoms with E-state index in [0.717, 1.165) is 0 Å². The predicted octanol–water partition coefficient (Wildman–Crippen LogP) is 0.695. The van der Waals surface area contributed by atoms with Gasteiger partial charge in [0.2, 0.25) is 0 Å². The van der Waals surface area contributed by atoms with Gasteiger partial charge in [-0.2, -0.15) is 0 Å². The second-order valence-corrected chi connectivity index (χ2v) is 3.31. The molecule has 4 atom stereocenters. The highest BCUT2D eigenvalue weighted by molar-refractivity contribution is 5.96. The standard InChI is InChI=1S/C9H8O2/c10-6-2-1-5-7-3-4-8(11-7)9(5)6/h1-5,7-9H/t5-,7-,8+,9+/m0/s1. The average molecular weight is 148 g/mol. The minimum Gasteiger partial charge on any atom is -0.365 e. The summed E-state index contributed by atoms with van der Waals surface area (Å²) in [6.07, 6.45) is 8.03. The van der Waals surface area contributed by atoms with Crippen molar-refractivity contribution in [3.05, 3.63) is 24.3 Å². The summed E-state index contributed by atoms with van der Waals surface area (Å²) in [7, 11) is 0. The van der Waals surface area contributed by atoms with Gasteiger partial charge in [-0.25, -0.2) is 0 Å². The van der Waals surface area contributed by atoms with Gasteiger partial charge in [0.15, 0.2) is 5.78 Å². The smallest absolute Gasteiger partial charge is 0.162 e. The van der Waals surface area contributed by atoms with Crippen molar-refractivity contribution in [2.45, 2.75) is 12.2 Å². The van der Waals surface area contributed by atoms with Gasteiger partial charge in [-0.15, -0.1) is 0 Å². The van der Waals surface area contributed by atoms with Gasteiger partial charge in [-0.3, -0.25) is 4.79 Å². The van der Waals surface area contributed by atoms with E-state index >= 15 is 0 Å². The molecule has 0 radical (unpaired) electrons. The van der Waals surface area contributed by atoms with Gasteiger partial charge in [0.05, 0.1) is 18.1 Å². The number of hydrogen-bond donors (Lipinski definition) is 0. The van der Waals surface area contributed by atoms with Crippen molar-refractivity contribution in [1.82, 2.24) is 0 Å². The Hall–Kier alpha value is -0.890. The number of carbonyl (C=O) groups excluding carboxylic acids is 1. The summed E-state index contributed by atoms with van der Waals surface area (Å²) < 4.78 is 5.53. The first-order valence-electron chi connectivity index (χ1n) is 3.92. The van der Waals surface area contributed by atoms with Crippen LogP contribution in [0.3, 0.4) is 0 Å². The van der Waals surface area contributed by atoms with Crippen LogP contribution in [-0.2, 0) is 9.53 Å². The molecule has 1 aliphatic carbocycles. The van der Waals surface area contributed by atoms with Crippen LogP contribution in [0.4, 0.5) is 0 Å². The van der Waals surface area contributed by atoms with E-state index in [-0.39, 0.29) is 23.9 Å². The molecule has 2 aliphatic heterocycles. The van der Waals surface area contributed by atoms with Crippen LogP contribution in [-0.4, -0.2) is 18.0 Å². The van der Waals surface area contributed by atoms with Crippen molar-refractivity contribution < 1.29 is 9.53 Å². The molecule has 11 heavy (non-hydrogen) atoms. The maximum atomic E-state index is 11.2. The third-order valence-corrected chi connectivity index (χ3v) is 2.76. The van der Waals surface area contributed by atoms with Gasteiger partial charge in [0.1, 0.15) is 0 Å². The van der Waals surface area contributed by atoms with Crippen LogP contribution in [0, 0.1) is 11.8 Å². The molecular weight excluding hydrogens is 140 g/mol. The number of allylic oxidation sites excluding steroid dienone is 1. The fourth-order valence-corrected chi connectivity index (χ4v) is 2.24. The number of fused-ring (bicyclic) bond motifs is 5. The van der Waals surface area contributed by atoms with E-state index in [0.29, 0.717) is 5.92 Å². The normalized spacial score (nSPS) is 50.7. The Balaban J connectivity index is 2.08. The minimum absolute atomic E-state index is 0.0764. The van der Waals surface area contributed by atoms with E-state index in [2.05, 4.69) is 6.08 Å². The molecule has 2 heterocycles. The Morgan fingerprint density at radius 3 is 2.82 bits per heavy atom. The van der Waals surface area contributed by atoms with Gasteiger partial charge in [-0.05, 0) is 6.08 Å². The van der Waals surface area contributed by atoms with E-state index in [1.165, 1.54) is 0 Å². The summed E-state index contributed by atoms with van der Waals surface area (Å²) in [5, 5.41) is 0. The van der Waals surface area contributed by atoms with Crippen LogP contribution >= 0.6 is 0 Å². The lowest BCUT2D eigenvalue weighted by molar-refractivity contribution is -0.118. The summed E-state index contributed by atoms with van der Waals surface area (Å²) in [5.41, 5.74) is 0. The SMILES string of the molecule is O=C1C=C[C@@H]2[C@H]1[C@H]1C=C[C@@H]2O1. The highest BCUT2D eigenvalue weighted by Crippen LogP contribution is 2.43. The summed E-state index contributed by atoms with van der Waals surface area (Å²) in [6, 6.07) is 0. The molecule has 3 aliphatic rings. The molecule has 0 unspecified atom stereocenters. The van der Waals surface area contributed by atoms with Gasteiger partial charge in [0, 0.05) is 5.92 Å². The molecule has 0 spiro atoms. The monoisotopic (exact) mass is 148 g/mol. The van der Waals surface area contributed by atoms with Crippen LogP contribution < -0.4 is 0 Å². The molecule has 2 bridgehead atoms. The lowest BCUT2D eigenvalue weighted by atomic mass is 9.85. The molecule has 56 valence electrons. The van der Waals surface area contributed by atoms with Crippen molar-refractivity contribution in [3.8, 4) is 0 Å². The maximum Gasteiger partial charge on any atom is 0.162 e. The van der Waals surface area contributed by atoms with Crippen molar-refractivity contribution in [2.24, 2.45) is 11.8 Å². The Bertz CT molecular complexity index is 277. The predicted molar refractivity (Wildman–Crippen MR) is 38.9 cm³/mol. The Kier molecular flexibility index (Phi) is 0.853. The summed E-state index contributed by atoms with van der Waals surface area (Å²) in [4.78, 5) is 11.2. The fraction of sp³-hybridized carbons (Fsp3) is 0.444. The highest BCUT2D eigenvalue weighted by Gasteiger charge is 2.49. The zero-order valence-corrected chi connectivity index (χ0v) is 5.94. The van der Waals surface area contributed by atoms with E-state index in [1.54, 1.807) is 6.08 Å². The van der Waals surface area contributed by atoms with E-state index in [4.69, 9.17) is 4.74 Å². The van der Waals surface area contributed by atoms with Gasteiger partial charge in [0.25, 0.3) is 0 Å². The van der Waals surface area contributed by atoms with Gasteiger partial charge >= 0.3 is 0 Å². The molecule has 0 aromatic heterocycles. The van der Waals surface area contributed by atoms with Crippen molar-refractivity contribution in [2.75, 3.05) is 0 Å². The second-order valence-electron chi connectivity index (χ2n) is 3.31. The molecule has 0 N–H and O–H groups in total. The van der Waals surface area contributed by atoms with Crippen LogP contribution in [0.1, 0.15) is 0 Å². The quantitative estimate of drug-likeness (QED) is 0.472. The zero-order chi connectivity index (χ0) is 7.42. The van der Waals surface area contributed by atoms with Crippen LogP contribution in [0.2, 0.25) is 0 Å². The van der Waals surface area contributed by atoms with Crippen LogP contribution in [0.5, 0.6) is 0 Å². The maximum absolute atomic E-state index is 11.2. The average Bonchev–Trinajstić information content (AvgIpc) is 2.60. The molecule has 0 aromatic carbocycles. The minimum atomic E-state index is 0.0764. The lowest BCUT2D eigenvalue weighted by Crippen LogP contribution is -2.24. The van der Waals surface area contributed by atoms with E-state index in [9.17, 15) is 4.79 Å². The lowest BCUT2D eigenvalue weighted by Gasteiger charge is -2.13. The molecule has 1 fully saturated rings. The summed E-state index contributed by atoms with van der Waals surface area (Å²) in [6.45, 7) is 0. The molecule has 0 aromatic rings. The largest absolute Gasteiger partial charge is 0.365 e. The fourth-order valence-electron chi connectivity index (χ4n) is 2.24. The number of carbonyl (C=O) groups is 1. The summed E-state index contributed by atoms with van der Waals surface area (Å²) in [5.74, 6) is 0.703. The molecule has 0 amide bonds. The first kappa shape index (κ1) is 5.72. The van der Waals surface area contributed by atoms with E-state index in [1.807, 2.05) is 12.2 Å². The third-order valence-electron chi connectivity index (χ3n) is 2.76. The first-order chi connectivity index (χ1) is 5.36. The highest BCUT2D eigenvalue weighted by atomic mass is 16.5. The molecule has 0 saturated carbocycles. The number of rotatable bonds is 0. The topological polar surface area (TPSA) is 26.3 Å².